The van der Waals surface area contributed by atoms with Gasteiger partial charge in [0.1, 0.15) is 6.10 Å². The fraction of sp³-hybridized carbons (Fsp3) is 0.917. The molecule has 16 heavy (non-hydrogen) atoms. The number of ether oxygens (including phenoxy) is 1. The summed E-state index contributed by atoms with van der Waals surface area (Å²) in [5.74, 6) is 0.206. The van der Waals surface area contributed by atoms with Crippen LogP contribution in [0.15, 0.2) is 0 Å². The second-order valence-electron chi connectivity index (χ2n) is 4.86. The fourth-order valence-corrected chi connectivity index (χ4v) is 2.38. The number of carbonyl (C=O) groups excluding carboxylic acids is 1. The molecule has 0 spiro atoms. The lowest BCUT2D eigenvalue weighted by molar-refractivity contribution is -0.146. The van der Waals surface area contributed by atoms with Crippen molar-refractivity contribution in [2.75, 3.05) is 19.6 Å². The van der Waals surface area contributed by atoms with Gasteiger partial charge in [0.15, 0.2) is 0 Å². The third-order valence-corrected chi connectivity index (χ3v) is 3.46. The van der Waals surface area contributed by atoms with E-state index in [9.17, 15) is 4.79 Å². The first-order valence-electron chi connectivity index (χ1n) is 6.39. The van der Waals surface area contributed by atoms with Gasteiger partial charge in [-0.2, -0.15) is 0 Å². The molecule has 0 bridgehead atoms. The third kappa shape index (κ3) is 2.38. The fourth-order valence-electron chi connectivity index (χ4n) is 2.38. The molecule has 2 aliphatic heterocycles. The van der Waals surface area contributed by atoms with E-state index >= 15 is 0 Å². The summed E-state index contributed by atoms with van der Waals surface area (Å²) in [5, 5.41) is 3.22. The van der Waals surface area contributed by atoms with Crippen LogP contribution in [0.4, 0.5) is 0 Å². The van der Waals surface area contributed by atoms with E-state index in [1.165, 1.54) is 0 Å². The zero-order valence-electron chi connectivity index (χ0n) is 10.2. The molecule has 4 nitrogen and oxygen atoms in total. The highest BCUT2D eigenvalue weighted by molar-refractivity contribution is 5.81. The Labute approximate surface area is 97.3 Å². The molecule has 2 fully saturated rings. The molecule has 4 heteroatoms. The molecule has 0 aromatic rings. The van der Waals surface area contributed by atoms with Crippen LogP contribution in [0.2, 0.25) is 0 Å². The van der Waals surface area contributed by atoms with E-state index < -0.39 is 0 Å². The van der Waals surface area contributed by atoms with Gasteiger partial charge < -0.3 is 15.0 Å². The Bertz CT molecular complexity index is 253. The first-order valence-corrected chi connectivity index (χ1v) is 6.39. The maximum absolute atomic E-state index is 12.3. The number of hydrogen-bond acceptors (Lipinski definition) is 3. The Morgan fingerprint density at radius 2 is 2.19 bits per heavy atom. The van der Waals surface area contributed by atoms with Crippen LogP contribution in [0.3, 0.4) is 0 Å². The molecule has 92 valence electrons. The Balaban J connectivity index is 1.93. The van der Waals surface area contributed by atoms with Crippen LogP contribution in [0.1, 0.15) is 33.1 Å². The maximum Gasteiger partial charge on any atom is 0.252 e. The van der Waals surface area contributed by atoms with Crippen molar-refractivity contribution in [3.05, 3.63) is 0 Å². The SMILES string of the molecule is CCCN(C(=O)C1CCC(C)O1)C1CNC1. The van der Waals surface area contributed by atoms with E-state index in [1.807, 2.05) is 11.8 Å². The van der Waals surface area contributed by atoms with Gasteiger partial charge in [0.2, 0.25) is 0 Å². The van der Waals surface area contributed by atoms with Crippen molar-refractivity contribution in [2.24, 2.45) is 0 Å². The minimum absolute atomic E-state index is 0.179. The molecule has 0 radical (unpaired) electrons. The summed E-state index contributed by atoms with van der Waals surface area (Å²) < 4.78 is 5.66. The Hall–Kier alpha value is -0.610. The van der Waals surface area contributed by atoms with E-state index in [0.29, 0.717) is 6.04 Å². The highest BCUT2D eigenvalue weighted by Crippen LogP contribution is 2.22. The van der Waals surface area contributed by atoms with Crippen molar-refractivity contribution in [1.29, 1.82) is 0 Å². The highest BCUT2D eigenvalue weighted by atomic mass is 16.5. The smallest absolute Gasteiger partial charge is 0.252 e. The van der Waals surface area contributed by atoms with Crippen LogP contribution in [-0.2, 0) is 9.53 Å². The first-order chi connectivity index (χ1) is 7.72. The minimum atomic E-state index is -0.179. The molecule has 2 aliphatic rings. The van der Waals surface area contributed by atoms with Crippen LogP contribution < -0.4 is 5.32 Å². The number of hydrogen-bond donors (Lipinski definition) is 1. The third-order valence-electron chi connectivity index (χ3n) is 3.46. The van der Waals surface area contributed by atoms with Crippen molar-refractivity contribution in [3.8, 4) is 0 Å². The van der Waals surface area contributed by atoms with Gasteiger partial charge in [-0.1, -0.05) is 6.92 Å². The zero-order chi connectivity index (χ0) is 11.5. The van der Waals surface area contributed by atoms with Crippen LogP contribution in [0, 0.1) is 0 Å². The average molecular weight is 226 g/mol. The van der Waals surface area contributed by atoms with Crippen molar-refractivity contribution < 1.29 is 9.53 Å². The molecule has 0 aliphatic carbocycles. The molecule has 0 aromatic carbocycles. The lowest BCUT2D eigenvalue weighted by Gasteiger charge is -2.39. The summed E-state index contributed by atoms with van der Waals surface area (Å²) >= 11 is 0. The monoisotopic (exact) mass is 226 g/mol. The molecule has 1 N–H and O–H groups in total. The summed E-state index contributed by atoms with van der Waals surface area (Å²) in [6.45, 7) is 6.90. The quantitative estimate of drug-likeness (QED) is 0.769. The van der Waals surface area contributed by atoms with Gasteiger partial charge in [0, 0.05) is 19.6 Å². The lowest BCUT2D eigenvalue weighted by Crippen LogP contribution is -2.60. The summed E-state index contributed by atoms with van der Waals surface area (Å²) in [5.41, 5.74) is 0. The van der Waals surface area contributed by atoms with E-state index in [1.54, 1.807) is 0 Å². The predicted molar refractivity (Wildman–Crippen MR) is 62.2 cm³/mol. The van der Waals surface area contributed by atoms with Gasteiger partial charge in [-0.3, -0.25) is 4.79 Å². The van der Waals surface area contributed by atoms with Crippen molar-refractivity contribution in [2.45, 2.75) is 51.4 Å². The summed E-state index contributed by atoms with van der Waals surface area (Å²) in [6, 6.07) is 0.395. The molecular weight excluding hydrogens is 204 g/mol. The van der Waals surface area contributed by atoms with Gasteiger partial charge in [-0.25, -0.2) is 0 Å². The first kappa shape index (κ1) is 11.9. The Morgan fingerprint density at radius 1 is 1.44 bits per heavy atom. The van der Waals surface area contributed by atoms with Gasteiger partial charge >= 0.3 is 0 Å². The van der Waals surface area contributed by atoms with Crippen LogP contribution in [0.25, 0.3) is 0 Å². The normalized spacial score (nSPS) is 30.1. The molecule has 2 heterocycles. The van der Waals surface area contributed by atoms with Gasteiger partial charge in [-0.15, -0.1) is 0 Å². The molecular formula is C12H22N2O2. The zero-order valence-corrected chi connectivity index (χ0v) is 10.2. The second-order valence-corrected chi connectivity index (χ2v) is 4.86. The lowest BCUT2D eigenvalue weighted by atomic mass is 10.1. The van der Waals surface area contributed by atoms with E-state index in [4.69, 9.17) is 4.74 Å². The maximum atomic E-state index is 12.3. The Kier molecular flexibility index (Phi) is 3.82. The largest absolute Gasteiger partial charge is 0.365 e. The van der Waals surface area contributed by atoms with Crippen molar-refractivity contribution >= 4 is 5.91 Å². The van der Waals surface area contributed by atoms with Gasteiger partial charge in [0.25, 0.3) is 5.91 Å². The van der Waals surface area contributed by atoms with Crippen molar-refractivity contribution in [1.82, 2.24) is 10.2 Å². The number of amides is 1. The molecule has 2 atom stereocenters. The van der Waals surface area contributed by atoms with Crippen LogP contribution in [-0.4, -0.2) is 48.7 Å². The van der Waals surface area contributed by atoms with Gasteiger partial charge in [-0.05, 0) is 26.2 Å². The van der Waals surface area contributed by atoms with Crippen LogP contribution >= 0.6 is 0 Å². The minimum Gasteiger partial charge on any atom is -0.365 e. The van der Waals surface area contributed by atoms with Gasteiger partial charge in [0.05, 0.1) is 12.1 Å². The number of nitrogens with one attached hydrogen (secondary N) is 1. The van der Waals surface area contributed by atoms with E-state index in [2.05, 4.69) is 12.2 Å². The highest BCUT2D eigenvalue weighted by Gasteiger charge is 2.35. The number of rotatable bonds is 4. The summed E-state index contributed by atoms with van der Waals surface area (Å²) in [7, 11) is 0. The molecule has 2 saturated heterocycles. The number of carbonyl (C=O) groups is 1. The Morgan fingerprint density at radius 3 is 2.62 bits per heavy atom. The van der Waals surface area contributed by atoms with Crippen LogP contribution in [0.5, 0.6) is 0 Å². The molecule has 0 saturated carbocycles. The molecule has 0 aromatic heterocycles. The average Bonchev–Trinajstić information content (AvgIpc) is 2.60. The molecule has 1 amide bonds. The molecule has 2 unspecified atom stereocenters. The van der Waals surface area contributed by atoms with E-state index in [-0.39, 0.29) is 18.1 Å². The topological polar surface area (TPSA) is 41.6 Å². The standard InChI is InChI=1S/C12H22N2O2/c1-3-6-14(10-7-13-8-10)12(15)11-5-4-9(2)16-11/h9-11,13H,3-8H2,1-2H3. The van der Waals surface area contributed by atoms with Crippen molar-refractivity contribution in [3.63, 3.8) is 0 Å². The second kappa shape index (κ2) is 5.15. The number of nitrogens with zero attached hydrogens (tertiary/aromatic N) is 1. The summed E-state index contributed by atoms with van der Waals surface area (Å²) in [6.07, 6.45) is 2.99. The molecule has 2 rings (SSSR count). The van der Waals surface area contributed by atoms with E-state index in [0.717, 1.165) is 38.9 Å². The predicted octanol–water partition coefficient (Wildman–Crippen LogP) is 0.764. The summed E-state index contributed by atoms with van der Waals surface area (Å²) in [4.78, 5) is 14.3.